The summed E-state index contributed by atoms with van der Waals surface area (Å²) in [6.45, 7) is 6.58. The van der Waals surface area contributed by atoms with E-state index in [1.54, 1.807) is 4.90 Å². The molecule has 120 valence electrons. The lowest BCUT2D eigenvalue weighted by Gasteiger charge is -2.40. The Morgan fingerprint density at radius 1 is 1.52 bits per heavy atom. The highest BCUT2D eigenvalue weighted by molar-refractivity contribution is 5.89. The molecule has 5 nitrogen and oxygen atoms in total. The van der Waals surface area contributed by atoms with Gasteiger partial charge in [0.15, 0.2) is 0 Å². The van der Waals surface area contributed by atoms with Crippen molar-refractivity contribution < 1.29 is 14.7 Å². The van der Waals surface area contributed by atoms with Gasteiger partial charge in [0.1, 0.15) is 0 Å². The number of rotatable bonds is 4. The molecular formula is C16H28N2O3. The molecule has 0 aromatic rings. The Morgan fingerprint density at radius 2 is 2.24 bits per heavy atom. The molecule has 0 radical (unpaired) electrons. The molecule has 0 aromatic carbocycles. The van der Waals surface area contributed by atoms with Crippen LogP contribution in [0.5, 0.6) is 0 Å². The van der Waals surface area contributed by atoms with Crippen molar-refractivity contribution in [1.29, 1.82) is 0 Å². The van der Waals surface area contributed by atoms with Crippen LogP contribution in [0.15, 0.2) is 0 Å². The van der Waals surface area contributed by atoms with Crippen molar-refractivity contribution in [1.82, 2.24) is 10.2 Å². The van der Waals surface area contributed by atoms with E-state index in [-0.39, 0.29) is 30.4 Å². The lowest BCUT2D eigenvalue weighted by Crippen LogP contribution is -2.55. The summed E-state index contributed by atoms with van der Waals surface area (Å²) < 4.78 is 0. The third kappa shape index (κ3) is 3.57. The quantitative estimate of drug-likeness (QED) is 0.821. The minimum Gasteiger partial charge on any atom is -0.394 e. The number of amides is 2. The Labute approximate surface area is 127 Å². The lowest BCUT2D eigenvalue weighted by molar-refractivity contribution is -0.130. The topological polar surface area (TPSA) is 69.6 Å². The average Bonchev–Trinajstić information content (AvgIpc) is 2.81. The fourth-order valence-electron chi connectivity index (χ4n) is 3.73. The van der Waals surface area contributed by atoms with Gasteiger partial charge in [0.25, 0.3) is 0 Å². The van der Waals surface area contributed by atoms with Gasteiger partial charge in [-0.05, 0) is 32.6 Å². The normalized spacial score (nSPS) is 33.6. The van der Waals surface area contributed by atoms with Gasteiger partial charge < -0.3 is 15.3 Å². The van der Waals surface area contributed by atoms with Crippen molar-refractivity contribution in [3.05, 3.63) is 0 Å². The maximum Gasteiger partial charge on any atom is 0.225 e. The number of nitrogens with one attached hydrogen (secondary N) is 1. The number of likely N-dealkylation sites (tertiary alicyclic amines) is 1. The van der Waals surface area contributed by atoms with E-state index in [0.29, 0.717) is 18.9 Å². The molecule has 3 atom stereocenters. The number of aliphatic hydroxyl groups is 1. The highest BCUT2D eigenvalue weighted by Crippen LogP contribution is 2.32. The van der Waals surface area contributed by atoms with Crippen LogP contribution in [0, 0.1) is 11.8 Å². The first-order valence-electron chi connectivity index (χ1n) is 8.09. The van der Waals surface area contributed by atoms with Crippen LogP contribution in [0.1, 0.15) is 52.9 Å². The fraction of sp³-hybridized carbons (Fsp3) is 0.875. The second kappa shape index (κ2) is 6.34. The van der Waals surface area contributed by atoms with Gasteiger partial charge in [0.05, 0.1) is 18.1 Å². The van der Waals surface area contributed by atoms with Gasteiger partial charge in [-0.1, -0.05) is 19.8 Å². The molecule has 2 aliphatic rings. The highest BCUT2D eigenvalue weighted by Gasteiger charge is 2.40. The molecule has 1 aliphatic heterocycles. The third-order valence-electron chi connectivity index (χ3n) is 4.94. The minimum atomic E-state index is -0.483. The van der Waals surface area contributed by atoms with E-state index >= 15 is 0 Å². The van der Waals surface area contributed by atoms with E-state index < -0.39 is 5.54 Å². The summed E-state index contributed by atoms with van der Waals surface area (Å²) in [6, 6.07) is 0.136. The molecule has 1 heterocycles. The monoisotopic (exact) mass is 296 g/mol. The SMILES string of the molecule is CC1CCCC(CO)(NC(=O)C2CC(=O)N(C(C)C)C2)C1. The Morgan fingerprint density at radius 3 is 2.76 bits per heavy atom. The molecule has 0 aromatic heterocycles. The average molecular weight is 296 g/mol. The van der Waals surface area contributed by atoms with Gasteiger partial charge in [-0.2, -0.15) is 0 Å². The van der Waals surface area contributed by atoms with Crippen molar-refractivity contribution in [2.24, 2.45) is 11.8 Å². The zero-order chi connectivity index (χ0) is 15.6. The van der Waals surface area contributed by atoms with E-state index in [0.717, 1.165) is 25.7 Å². The summed E-state index contributed by atoms with van der Waals surface area (Å²) >= 11 is 0. The zero-order valence-corrected chi connectivity index (χ0v) is 13.4. The van der Waals surface area contributed by atoms with Gasteiger partial charge in [-0.15, -0.1) is 0 Å². The van der Waals surface area contributed by atoms with Crippen molar-refractivity contribution in [2.75, 3.05) is 13.2 Å². The van der Waals surface area contributed by atoms with Crippen LogP contribution in [-0.2, 0) is 9.59 Å². The molecule has 2 rings (SSSR count). The van der Waals surface area contributed by atoms with Gasteiger partial charge in [0.2, 0.25) is 11.8 Å². The maximum atomic E-state index is 12.5. The second-order valence-electron chi connectivity index (χ2n) is 7.17. The number of aliphatic hydroxyl groups excluding tert-OH is 1. The molecular weight excluding hydrogens is 268 g/mol. The van der Waals surface area contributed by atoms with Crippen molar-refractivity contribution in [3.63, 3.8) is 0 Å². The second-order valence-corrected chi connectivity index (χ2v) is 7.17. The minimum absolute atomic E-state index is 0.0162. The molecule has 1 aliphatic carbocycles. The summed E-state index contributed by atoms with van der Waals surface area (Å²) in [4.78, 5) is 26.2. The molecule has 1 saturated carbocycles. The number of carbonyl (C=O) groups is 2. The smallest absolute Gasteiger partial charge is 0.225 e. The highest BCUT2D eigenvalue weighted by atomic mass is 16.3. The molecule has 0 bridgehead atoms. The number of nitrogens with zero attached hydrogens (tertiary/aromatic N) is 1. The van der Waals surface area contributed by atoms with Crippen LogP contribution in [0.2, 0.25) is 0 Å². The first-order chi connectivity index (χ1) is 9.87. The molecule has 2 amide bonds. The first kappa shape index (κ1) is 16.3. The van der Waals surface area contributed by atoms with E-state index in [9.17, 15) is 14.7 Å². The fourth-order valence-corrected chi connectivity index (χ4v) is 3.73. The van der Waals surface area contributed by atoms with Crippen molar-refractivity contribution in [3.8, 4) is 0 Å². The largest absolute Gasteiger partial charge is 0.394 e. The molecule has 0 spiro atoms. The molecule has 1 saturated heterocycles. The number of hydrogen-bond acceptors (Lipinski definition) is 3. The van der Waals surface area contributed by atoms with Crippen molar-refractivity contribution >= 4 is 11.8 Å². The molecule has 3 unspecified atom stereocenters. The van der Waals surface area contributed by atoms with Crippen LogP contribution in [0.25, 0.3) is 0 Å². The number of carbonyl (C=O) groups excluding carboxylic acids is 2. The van der Waals surface area contributed by atoms with E-state index in [2.05, 4.69) is 12.2 Å². The van der Waals surface area contributed by atoms with Crippen LogP contribution >= 0.6 is 0 Å². The maximum absolute atomic E-state index is 12.5. The zero-order valence-electron chi connectivity index (χ0n) is 13.4. The van der Waals surface area contributed by atoms with Crippen LogP contribution in [-0.4, -0.2) is 46.6 Å². The van der Waals surface area contributed by atoms with Gasteiger partial charge in [0, 0.05) is 19.0 Å². The van der Waals surface area contributed by atoms with Gasteiger partial charge in [-0.3, -0.25) is 9.59 Å². The molecule has 2 N–H and O–H groups in total. The first-order valence-corrected chi connectivity index (χ1v) is 8.09. The molecule has 2 fully saturated rings. The van der Waals surface area contributed by atoms with E-state index in [1.165, 1.54) is 0 Å². The van der Waals surface area contributed by atoms with Crippen LogP contribution < -0.4 is 5.32 Å². The summed E-state index contributed by atoms with van der Waals surface area (Å²) in [7, 11) is 0. The van der Waals surface area contributed by atoms with Crippen LogP contribution in [0.4, 0.5) is 0 Å². The summed E-state index contributed by atoms with van der Waals surface area (Å²) in [5.41, 5.74) is -0.483. The van der Waals surface area contributed by atoms with E-state index in [4.69, 9.17) is 0 Å². The summed E-state index contributed by atoms with van der Waals surface area (Å²) in [5.74, 6) is 0.221. The van der Waals surface area contributed by atoms with Gasteiger partial charge >= 0.3 is 0 Å². The van der Waals surface area contributed by atoms with Gasteiger partial charge in [-0.25, -0.2) is 0 Å². The lowest BCUT2D eigenvalue weighted by atomic mass is 9.76. The Bertz CT molecular complexity index is 410. The van der Waals surface area contributed by atoms with Crippen molar-refractivity contribution in [2.45, 2.75) is 64.5 Å². The Kier molecular flexibility index (Phi) is 4.91. The number of hydrogen-bond donors (Lipinski definition) is 2. The molecule has 21 heavy (non-hydrogen) atoms. The third-order valence-corrected chi connectivity index (χ3v) is 4.94. The van der Waals surface area contributed by atoms with Crippen LogP contribution in [0.3, 0.4) is 0 Å². The summed E-state index contributed by atoms with van der Waals surface area (Å²) in [6.07, 6.45) is 4.13. The standard InChI is InChI=1S/C16H28N2O3/c1-11(2)18-9-13(7-14(18)20)15(21)17-16(10-19)6-4-5-12(3)8-16/h11-13,19H,4-10H2,1-3H3,(H,17,21). The summed E-state index contributed by atoms with van der Waals surface area (Å²) in [5, 5.41) is 12.8. The Balaban J connectivity index is 1.99. The van der Waals surface area contributed by atoms with E-state index in [1.807, 2.05) is 13.8 Å². The predicted octanol–water partition coefficient (Wildman–Crippen LogP) is 1.30. The molecule has 5 heteroatoms. The predicted molar refractivity (Wildman–Crippen MR) is 80.5 cm³/mol. The Hall–Kier alpha value is -1.10.